The van der Waals surface area contributed by atoms with Crippen molar-refractivity contribution in [3.05, 3.63) is 59.3 Å². The van der Waals surface area contributed by atoms with Gasteiger partial charge in [-0.2, -0.15) is 0 Å². The highest BCUT2D eigenvalue weighted by Gasteiger charge is 2.29. The van der Waals surface area contributed by atoms with Crippen LogP contribution in [0.5, 0.6) is 0 Å². The fourth-order valence-corrected chi connectivity index (χ4v) is 3.63. The zero-order valence-electron chi connectivity index (χ0n) is 16.2. The van der Waals surface area contributed by atoms with E-state index in [9.17, 15) is 4.79 Å². The average molecular weight is 376 g/mol. The molecule has 1 N–H and O–H groups in total. The van der Waals surface area contributed by atoms with Crippen LogP contribution in [0.2, 0.25) is 0 Å². The van der Waals surface area contributed by atoms with E-state index in [0.717, 1.165) is 37.1 Å². The van der Waals surface area contributed by atoms with Gasteiger partial charge in [0.05, 0.1) is 6.20 Å². The van der Waals surface area contributed by atoms with Gasteiger partial charge in [0.2, 0.25) is 5.91 Å². The number of carbonyl (C=O) groups excluding carboxylic acids is 1. The maximum Gasteiger partial charge on any atom is 0.243 e. The molecular weight excluding hydrogens is 352 g/mol. The van der Waals surface area contributed by atoms with Crippen molar-refractivity contribution >= 4 is 5.91 Å². The van der Waals surface area contributed by atoms with Gasteiger partial charge in [-0.3, -0.25) is 14.3 Å². The molecule has 4 rings (SSSR count). The molecule has 0 radical (unpaired) electrons. The van der Waals surface area contributed by atoms with Crippen LogP contribution in [-0.2, 0) is 17.8 Å². The van der Waals surface area contributed by atoms with Crippen LogP contribution in [0.25, 0.3) is 11.5 Å². The second-order valence-electron chi connectivity index (χ2n) is 7.30. The zero-order valence-corrected chi connectivity index (χ0v) is 16.2. The standard InChI is InChI=1S/C21H24N6O/c1-14-7-8-16(11-15(14)2)12-24-21(28)18-5-3-4-6-19-25-26-20(27(18)19)17-13-22-9-10-23-17/h7-11,13,18H,3-6,12H2,1-2H3,(H,24,28). The monoisotopic (exact) mass is 376 g/mol. The number of nitrogens with one attached hydrogen (secondary N) is 1. The maximum absolute atomic E-state index is 13.1. The second kappa shape index (κ2) is 7.88. The molecule has 3 aromatic rings. The smallest absolute Gasteiger partial charge is 0.243 e. The zero-order chi connectivity index (χ0) is 19.5. The molecule has 1 aromatic carbocycles. The number of fused-ring (bicyclic) bond motifs is 1. The maximum atomic E-state index is 13.1. The van der Waals surface area contributed by atoms with Gasteiger partial charge in [-0.25, -0.2) is 4.98 Å². The SMILES string of the molecule is Cc1ccc(CNC(=O)C2CCCCc3nnc(-c4cnccn4)n32)cc1C. The van der Waals surface area contributed by atoms with E-state index < -0.39 is 0 Å². The molecule has 0 bridgehead atoms. The summed E-state index contributed by atoms with van der Waals surface area (Å²) < 4.78 is 1.95. The van der Waals surface area contributed by atoms with Crippen LogP contribution in [0.3, 0.4) is 0 Å². The van der Waals surface area contributed by atoms with Gasteiger partial charge in [0.15, 0.2) is 5.82 Å². The molecule has 3 heterocycles. The Labute approximate surface area is 164 Å². The lowest BCUT2D eigenvalue weighted by Crippen LogP contribution is -2.33. The largest absolute Gasteiger partial charge is 0.350 e. The number of hydrogen-bond acceptors (Lipinski definition) is 5. The predicted molar refractivity (Wildman–Crippen MR) is 105 cm³/mol. The normalized spacial score (nSPS) is 16.3. The van der Waals surface area contributed by atoms with E-state index >= 15 is 0 Å². The van der Waals surface area contributed by atoms with E-state index in [1.807, 2.05) is 4.57 Å². The van der Waals surface area contributed by atoms with Crippen LogP contribution in [0.1, 0.15) is 47.8 Å². The Bertz CT molecular complexity index is 982. The lowest BCUT2D eigenvalue weighted by atomic mass is 10.1. The van der Waals surface area contributed by atoms with Crippen molar-refractivity contribution in [1.82, 2.24) is 30.0 Å². The molecule has 7 nitrogen and oxygen atoms in total. The summed E-state index contributed by atoms with van der Waals surface area (Å²) in [6.45, 7) is 4.68. The third-order valence-corrected chi connectivity index (χ3v) is 5.34. The van der Waals surface area contributed by atoms with E-state index in [2.05, 4.69) is 57.5 Å². The van der Waals surface area contributed by atoms with Gasteiger partial charge >= 0.3 is 0 Å². The lowest BCUT2D eigenvalue weighted by Gasteiger charge is -2.19. The molecule has 0 saturated heterocycles. The van der Waals surface area contributed by atoms with E-state index in [1.54, 1.807) is 18.6 Å². The Balaban J connectivity index is 1.59. The fraction of sp³-hybridized carbons (Fsp3) is 0.381. The minimum absolute atomic E-state index is 0.00804. The van der Waals surface area contributed by atoms with Gasteiger partial charge in [0.1, 0.15) is 17.6 Å². The molecule has 7 heteroatoms. The molecule has 0 aliphatic carbocycles. The molecular formula is C21H24N6O. The van der Waals surface area contributed by atoms with Crippen LogP contribution >= 0.6 is 0 Å². The summed E-state index contributed by atoms with van der Waals surface area (Å²) in [5, 5.41) is 11.7. The second-order valence-corrected chi connectivity index (χ2v) is 7.30. The summed E-state index contributed by atoms with van der Waals surface area (Å²) in [5.74, 6) is 1.44. The number of benzene rings is 1. The van der Waals surface area contributed by atoms with Crippen molar-refractivity contribution in [1.29, 1.82) is 0 Å². The van der Waals surface area contributed by atoms with Crippen LogP contribution in [0.15, 0.2) is 36.8 Å². The molecule has 0 spiro atoms. The Morgan fingerprint density at radius 2 is 2.07 bits per heavy atom. The Morgan fingerprint density at radius 3 is 2.86 bits per heavy atom. The summed E-state index contributed by atoms with van der Waals surface area (Å²) in [4.78, 5) is 21.6. The molecule has 2 aromatic heterocycles. The third kappa shape index (κ3) is 3.65. The van der Waals surface area contributed by atoms with E-state index in [4.69, 9.17) is 0 Å². The highest BCUT2D eigenvalue weighted by atomic mass is 16.2. The van der Waals surface area contributed by atoms with Gasteiger partial charge in [0.25, 0.3) is 0 Å². The lowest BCUT2D eigenvalue weighted by molar-refractivity contribution is -0.124. The number of amides is 1. The fourth-order valence-electron chi connectivity index (χ4n) is 3.63. The highest BCUT2D eigenvalue weighted by molar-refractivity contribution is 5.81. The van der Waals surface area contributed by atoms with Crippen LogP contribution in [0, 0.1) is 13.8 Å². The summed E-state index contributed by atoms with van der Waals surface area (Å²) in [7, 11) is 0. The highest BCUT2D eigenvalue weighted by Crippen LogP contribution is 2.28. The molecule has 28 heavy (non-hydrogen) atoms. The molecule has 0 fully saturated rings. The quantitative estimate of drug-likeness (QED) is 0.757. The molecule has 1 aliphatic rings. The van der Waals surface area contributed by atoms with Crippen molar-refractivity contribution in [2.75, 3.05) is 0 Å². The number of nitrogens with zero attached hydrogens (tertiary/aromatic N) is 5. The Morgan fingerprint density at radius 1 is 1.18 bits per heavy atom. The van der Waals surface area contributed by atoms with Crippen molar-refractivity contribution in [3.8, 4) is 11.5 Å². The summed E-state index contributed by atoms with van der Waals surface area (Å²) in [6.07, 6.45) is 8.46. The van der Waals surface area contributed by atoms with E-state index in [0.29, 0.717) is 18.1 Å². The van der Waals surface area contributed by atoms with Gasteiger partial charge in [-0.05, 0) is 43.4 Å². The molecule has 1 unspecified atom stereocenters. The molecule has 0 saturated carbocycles. The first-order chi connectivity index (χ1) is 13.6. The van der Waals surface area contributed by atoms with Crippen molar-refractivity contribution in [3.63, 3.8) is 0 Å². The van der Waals surface area contributed by atoms with Gasteiger partial charge < -0.3 is 5.32 Å². The summed E-state index contributed by atoms with van der Waals surface area (Å²) in [6, 6.07) is 5.94. The number of aromatic nitrogens is 5. The van der Waals surface area contributed by atoms with Gasteiger partial charge in [-0.1, -0.05) is 24.6 Å². The van der Waals surface area contributed by atoms with Crippen molar-refractivity contribution in [2.45, 2.75) is 52.1 Å². The Kier molecular flexibility index (Phi) is 5.14. The third-order valence-electron chi connectivity index (χ3n) is 5.34. The van der Waals surface area contributed by atoms with Crippen LogP contribution in [0.4, 0.5) is 0 Å². The number of rotatable bonds is 4. The summed E-state index contributed by atoms with van der Waals surface area (Å²) in [5.41, 5.74) is 4.21. The number of carbonyl (C=O) groups is 1. The molecule has 144 valence electrons. The van der Waals surface area contributed by atoms with Gasteiger partial charge in [-0.15, -0.1) is 10.2 Å². The first-order valence-electron chi connectivity index (χ1n) is 9.67. The number of aryl methyl sites for hydroxylation is 3. The molecule has 1 atom stereocenters. The number of hydrogen-bond donors (Lipinski definition) is 1. The van der Waals surface area contributed by atoms with E-state index in [1.165, 1.54) is 11.1 Å². The van der Waals surface area contributed by atoms with Crippen molar-refractivity contribution < 1.29 is 4.79 Å². The van der Waals surface area contributed by atoms with Crippen LogP contribution < -0.4 is 5.32 Å². The van der Waals surface area contributed by atoms with Crippen molar-refractivity contribution in [2.24, 2.45) is 0 Å². The predicted octanol–water partition coefficient (Wildman–Crippen LogP) is 2.94. The van der Waals surface area contributed by atoms with E-state index in [-0.39, 0.29) is 11.9 Å². The summed E-state index contributed by atoms with van der Waals surface area (Å²) >= 11 is 0. The minimum atomic E-state index is -0.337. The van der Waals surface area contributed by atoms with Crippen LogP contribution in [-0.4, -0.2) is 30.6 Å². The first kappa shape index (κ1) is 18.3. The first-order valence-corrected chi connectivity index (χ1v) is 9.67. The topological polar surface area (TPSA) is 85.6 Å². The molecule has 1 amide bonds. The van der Waals surface area contributed by atoms with Gasteiger partial charge in [0, 0.05) is 25.4 Å². The molecule has 1 aliphatic heterocycles. The average Bonchev–Trinajstić information content (AvgIpc) is 3.01. The Hall–Kier alpha value is -3.09. The minimum Gasteiger partial charge on any atom is -0.350 e.